The van der Waals surface area contributed by atoms with Gasteiger partial charge in [0.25, 0.3) is 0 Å². The van der Waals surface area contributed by atoms with Crippen LogP contribution in [0.2, 0.25) is 0 Å². The van der Waals surface area contributed by atoms with E-state index in [2.05, 4.69) is 34.2 Å². The molecule has 1 spiro atoms. The highest BCUT2D eigenvalue weighted by Gasteiger charge is 2.45. The molecule has 2 aliphatic heterocycles. The Morgan fingerprint density at radius 3 is 2.48 bits per heavy atom. The summed E-state index contributed by atoms with van der Waals surface area (Å²) in [7, 11) is 0. The van der Waals surface area contributed by atoms with Crippen LogP contribution in [0.4, 0.5) is 0 Å². The lowest BCUT2D eigenvalue weighted by atomic mass is 9.71. The third-order valence-electron chi connectivity index (χ3n) is 6.50. The van der Waals surface area contributed by atoms with Crippen LogP contribution in [0.15, 0.2) is 16.5 Å². The van der Waals surface area contributed by atoms with Crippen LogP contribution in [0.3, 0.4) is 0 Å². The molecule has 1 aromatic heterocycles. The molecule has 5 rings (SSSR count). The second-order valence-electron chi connectivity index (χ2n) is 8.09. The fourth-order valence-corrected chi connectivity index (χ4v) is 5.06. The van der Waals surface area contributed by atoms with Gasteiger partial charge in [-0.2, -0.15) is 0 Å². The Kier molecular flexibility index (Phi) is 4.11. The predicted molar refractivity (Wildman–Crippen MR) is 100 cm³/mol. The van der Waals surface area contributed by atoms with Gasteiger partial charge in [0.2, 0.25) is 11.8 Å². The Balaban J connectivity index is 1.53. The molecule has 3 aliphatic rings. The predicted octanol–water partition coefficient (Wildman–Crippen LogP) is 3.79. The lowest BCUT2D eigenvalue weighted by Gasteiger charge is -2.46. The molecular weight excluding hydrogens is 342 g/mol. The Morgan fingerprint density at radius 2 is 1.78 bits per heavy atom. The average molecular weight is 369 g/mol. The zero-order chi connectivity index (χ0) is 18.4. The fourth-order valence-electron chi connectivity index (χ4n) is 5.06. The van der Waals surface area contributed by atoms with Crippen molar-refractivity contribution in [3.63, 3.8) is 0 Å². The first-order valence-corrected chi connectivity index (χ1v) is 10.2. The third kappa shape index (κ3) is 2.81. The molecule has 0 radical (unpaired) electrons. The number of ether oxygens (including phenoxy) is 2. The van der Waals surface area contributed by atoms with Crippen LogP contribution >= 0.6 is 0 Å². The van der Waals surface area contributed by atoms with Crippen LogP contribution in [0.25, 0.3) is 0 Å². The molecule has 0 amide bonds. The maximum absolute atomic E-state index is 5.89. The van der Waals surface area contributed by atoms with E-state index in [0.29, 0.717) is 31.5 Å². The zero-order valence-electron chi connectivity index (χ0n) is 16.2. The van der Waals surface area contributed by atoms with Crippen molar-refractivity contribution < 1.29 is 13.9 Å². The monoisotopic (exact) mass is 369 g/mol. The van der Waals surface area contributed by atoms with Crippen molar-refractivity contribution in [3.05, 3.63) is 35.0 Å². The van der Waals surface area contributed by atoms with E-state index in [4.69, 9.17) is 13.9 Å². The van der Waals surface area contributed by atoms with Gasteiger partial charge in [-0.25, -0.2) is 0 Å². The smallest absolute Gasteiger partial charge is 0.230 e. The highest BCUT2D eigenvalue weighted by atomic mass is 16.6. The van der Waals surface area contributed by atoms with E-state index in [0.717, 1.165) is 24.5 Å². The zero-order valence-corrected chi connectivity index (χ0v) is 16.2. The van der Waals surface area contributed by atoms with Crippen molar-refractivity contribution in [1.82, 2.24) is 15.1 Å². The van der Waals surface area contributed by atoms with Crippen molar-refractivity contribution >= 4 is 0 Å². The standard InChI is InChI=1S/C21H27N3O3/c1-3-19-22-23-20(27-19)12-24-13-21(6-4-5-7-21)16-11-18-17(25-8-9-26-18)10-15(16)14(24)2/h10-11,14H,3-9,12-13H2,1-2H3/t14-/m0/s1. The SMILES string of the molecule is CCc1nnc(CN2CC3(CCCC3)c3cc4c(cc3[C@@H]2C)OCCO4)o1. The van der Waals surface area contributed by atoms with Crippen LogP contribution in [0.1, 0.15) is 68.5 Å². The summed E-state index contributed by atoms with van der Waals surface area (Å²) in [6.45, 7) is 7.30. The molecule has 6 nitrogen and oxygen atoms in total. The highest BCUT2D eigenvalue weighted by molar-refractivity contribution is 5.53. The van der Waals surface area contributed by atoms with E-state index in [-0.39, 0.29) is 11.5 Å². The van der Waals surface area contributed by atoms with Crippen molar-refractivity contribution in [3.8, 4) is 11.5 Å². The van der Waals surface area contributed by atoms with Crippen LogP contribution in [-0.2, 0) is 18.4 Å². The van der Waals surface area contributed by atoms with Gasteiger partial charge in [-0.3, -0.25) is 4.90 Å². The molecule has 1 atom stereocenters. The fraction of sp³-hybridized carbons (Fsp3) is 0.619. The van der Waals surface area contributed by atoms with E-state index in [1.165, 1.54) is 36.8 Å². The maximum atomic E-state index is 5.89. The maximum Gasteiger partial charge on any atom is 0.230 e. The van der Waals surface area contributed by atoms with Crippen LogP contribution in [0, 0.1) is 0 Å². The van der Waals surface area contributed by atoms with Crippen molar-refractivity contribution in [2.75, 3.05) is 19.8 Å². The number of aromatic nitrogens is 2. The molecule has 0 unspecified atom stereocenters. The summed E-state index contributed by atoms with van der Waals surface area (Å²) in [6.07, 6.45) is 5.81. The summed E-state index contributed by atoms with van der Waals surface area (Å²) in [5, 5.41) is 8.39. The van der Waals surface area contributed by atoms with Gasteiger partial charge >= 0.3 is 0 Å². The minimum Gasteiger partial charge on any atom is -0.486 e. The molecule has 0 bridgehead atoms. The molecule has 2 aromatic rings. The lowest BCUT2D eigenvalue weighted by Crippen LogP contribution is -2.45. The highest BCUT2D eigenvalue weighted by Crippen LogP contribution is 2.52. The molecule has 0 saturated heterocycles. The van der Waals surface area contributed by atoms with Gasteiger partial charge in [-0.15, -0.1) is 10.2 Å². The Bertz CT molecular complexity index is 841. The summed E-state index contributed by atoms with van der Waals surface area (Å²) in [5.74, 6) is 3.22. The topological polar surface area (TPSA) is 60.6 Å². The molecule has 144 valence electrons. The molecule has 1 aliphatic carbocycles. The molecule has 3 heterocycles. The average Bonchev–Trinajstić information content (AvgIpc) is 3.35. The number of hydrogen-bond donors (Lipinski definition) is 0. The van der Waals surface area contributed by atoms with Crippen LogP contribution in [-0.4, -0.2) is 34.9 Å². The summed E-state index contributed by atoms with van der Waals surface area (Å²) in [5.41, 5.74) is 3.03. The van der Waals surface area contributed by atoms with Crippen LogP contribution in [0.5, 0.6) is 11.5 Å². The first-order valence-electron chi connectivity index (χ1n) is 10.2. The Morgan fingerprint density at radius 1 is 1.07 bits per heavy atom. The number of nitrogens with zero attached hydrogens (tertiary/aromatic N) is 3. The summed E-state index contributed by atoms with van der Waals surface area (Å²) in [4.78, 5) is 2.50. The number of aryl methyl sites for hydroxylation is 1. The van der Waals surface area contributed by atoms with Gasteiger partial charge in [0.1, 0.15) is 13.2 Å². The molecule has 1 saturated carbocycles. The largest absolute Gasteiger partial charge is 0.486 e. The molecular formula is C21H27N3O3. The van der Waals surface area contributed by atoms with Gasteiger partial charge in [-0.1, -0.05) is 19.8 Å². The third-order valence-corrected chi connectivity index (χ3v) is 6.50. The van der Waals surface area contributed by atoms with E-state index in [1.807, 2.05) is 6.92 Å². The minimum absolute atomic E-state index is 0.200. The second-order valence-corrected chi connectivity index (χ2v) is 8.09. The second kappa shape index (κ2) is 6.51. The van der Waals surface area contributed by atoms with E-state index >= 15 is 0 Å². The number of rotatable bonds is 3. The number of benzene rings is 1. The quantitative estimate of drug-likeness (QED) is 0.820. The summed E-state index contributed by atoms with van der Waals surface area (Å²) >= 11 is 0. The van der Waals surface area contributed by atoms with Gasteiger partial charge < -0.3 is 13.9 Å². The van der Waals surface area contributed by atoms with Gasteiger partial charge in [0.15, 0.2) is 11.5 Å². The van der Waals surface area contributed by atoms with Crippen molar-refractivity contribution in [2.45, 2.75) is 64.0 Å². The van der Waals surface area contributed by atoms with Crippen molar-refractivity contribution in [1.29, 1.82) is 0 Å². The van der Waals surface area contributed by atoms with E-state index in [9.17, 15) is 0 Å². The van der Waals surface area contributed by atoms with E-state index in [1.54, 1.807) is 0 Å². The van der Waals surface area contributed by atoms with Crippen LogP contribution < -0.4 is 9.47 Å². The Labute approximate surface area is 159 Å². The molecule has 27 heavy (non-hydrogen) atoms. The summed E-state index contributed by atoms with van der Waals surface area (Å²) in [6, 6.07) is 4.76. The molecule has 6 heteroatoms. The van der Waals surface area contributed by atoms with Gasteiger partial charge in [-0.05, 0) is 43.0 Å². The minimum atomic E-state index is 0.200. The number of fused-ring (bicyclic) bond motifs is 3. The molecule has 0 N–H and O–H groups in total. The van der Waals surface area contributed by atoms with E-state index < -0.39 is 0 Å². The Hall–Kier alpha value is -2.08. The number of hydrogen-bond acceptors (Lipinski definition) is 6. The first-order chi connectivity index (χ1) is 13.2. The summed E-state index contributed by atoms with van der Waals surface area (Å²) < 4.78 is 17.6. The van der Waals surface area contributed by atoms with Crippen molar-refractivity contribution in [2.24, 2.45) is 0 Å². The normalized spacial score (nSPS) is 23.6. The molecule has 1 aromatic carbocycles. The molecule has 1 fully saturated rings. The van der Waals surface area contributed by atoms with Gasteiger partial charge in [0, 0.05) is 24.4 Å². The lowest BCUT2D eigenvalue weighted by molar-refractivity contribution is 0.114. The first kappa shape index (κ1) is 17.0. The van der Waals surface area contributed by atoms with Gasteiger partial charge in [0.05, 0.1) is 6.54 Å².